The number of carbonyl (C=O) groups excluding carboxylic acids is 1. The molecule has 3 nitrogen and oxygen atoms in total. The number of aryl methyl sites for hydroxylation is 1. The average molecular weight is 260 g/mol. The highest BCUT2D eigenvalue weighted by molar-refractivity contribution is 5.96. The number of amides is 1. The van der Waals surface area contributed by atoms with Gasteiger partial charge in [-0.15, -0.1) is 0 Å². The van der Waals surface area contributed by atoms with E-state index in [2.05, 4.69) is 30.1 Å². The van der Waals surface area contributed by atoms with Gasteiger partial charge in [-0.2, -0.15) is 0 Å². The van der Waals surface area contributed by atoms with Crippen LogP contribution in [-0.2, 0) is 0 Å². The van der Waals surface area contributed by atoms with Gasteiger partial charge in [-0.3, -0.25) is 4.79 Å². The number of anilines is 1. The van der Waals surface area contributed by atoms with Crippen LogP contribution < -0.4 is 5.32 Å². The molecule has 1 amide bonds. The summed E-state index contributed by atoms with van der Waals surface area (Å²) in [6, 6.07) is 6.45. The summed E-state index contributed by atoms with van der Waals surface area (Å²) in [5, 5.41) is 3.28. The average Bonchev–Trinajstić information content (AvgIpc) is 2.87. The molecule has 3 heteroatoms. The second-order valence-corrected chi connectivity index (χ2v) is 5.26. The molecule has 0 radical (unpaired) electrons. The van der Waals surface area contributed by atoms with Crippen molar-refractivity contribution < 1.29 is 4.79 Å². The monoisotopic (exact) mass is 260 g/mol. The lowest BCUT2D eigenvalue weighted by atomic mass is 10.1. The van der Waals surface area contributed by atoms with Crippen LogP contribution in [0.2, 0.25) is 0 Å². The number of likely N-dealkylation sites (tertiary alicyclic amines) is 1. The predicted octanol–water partition coefficient (Wildman–Crippen LogP) is 3.44. The van der Waals surface area contributed by atoms with Gasteiger partial charge in [0.15, 0.2) is 0 Å². The molecule has 0 bridgehead atoms. The largest absolute Gasteiger partial charge is 0.385 e. The summed E-state index contributed by atoms with van der Waals surface area (Å²) < 4.78 is 0. The van der Waals surface area contributed by atoms with Crippen molar-refractivity contribution in [1.82, 2.24) is 4.90 Å². The zero-order valence-corrected chi connectivity index (χ0v) is 12.2. The molecule has 1 saturated heterocycles. The Morgan fingerprint density at radius 2 is 2.21 bits per heavy atom. The minimum Gasteiger partial charge on any atom is -0.385 e. The lowest BCUT2D eigenvalue weighted by Gasteiger charge is -2.24. The number of carbonyl (C=O) groups is 1. The third-order valence-corrected chi connectivity index (χ3v) is 3.95. The lowest BCUT2D eigenvalue weighted by molar-refractivity contribution is 0.0733. The fourth-order valence-corrected chi connectivity index (χ4v) is 2.90. The maximum atomic E-state index is 12.6. The zero-order valence-electron chi connectivity index (χ0n) is 12.2. The topological polar surface area (TPSA) is 32.3 Å². The zero-order chi connectivity index (χ0) is 13.8. The van der Waals surface area contributed by atoms with E-state index in [0.717, 1.165) is 49.2 Å². The fraction of sp³-hybridized carbons (Fsp3) is 0.562. The molecule has 1 unspecified atom stereocenters. The molecule has 0 spiro atoms. The van der Waals surface area contributed by atoms with Crippen molar-refractivity contribution in [3.8, 4) is 0 Å². The van der Waals surface area contributed by atoms with Crippen LogP contribution in [0.5, 0.6) is 0 Å². The van der Waals surface area contributed by atoms with Crippen LogP contribution in [0.4, 0.5) is 5.69 Å². The summed E-state index contributed by atoms with van der Waals surface area (Å²) in [7, 11) is 0. The molecule has 0 saturated carbocycles. The maximum absolute atomic E-state index is 12.6. The summed E-state index contributed by atoms with van der Waals surface area (Å²) >= 11 is 0. The minimum absolute atomic E-state index is 0.199. The summed E-state index contributed by atoms with van der Waals surface area (Å²) in [6.07, 6.45) is 3.34. The highest BCUT2D eigenvalue weighted by Gasteiger charge is 2.28. The Kier molecular flexibility index (Phi) is 4.46. The molecule has 0 aromatic heterocycles. The van der Waals surface area contributed by atoms with Gasteiger partial charge in [0.2, 0.25) is 0 Å². The molecule has 2 rings (SSSR count). The summed E-state index contributed by atoms with van der Waals surface area (Å²) in [4.78, 5) is 14.7. The number of nitrogens with one attached hydrogen (secondary N) is 1. The van der Waals surface area contributed by atoms with Crippen LogP contribution in [0.15, 0.2) is 18.2 Å². The summed E-state index contributed by atoms with van der Waals surface area (Å²) in [6.45, 7) is 8.06. The van der Waals surface area contributed by atoms with E-state index < -0.39 is 0 Å². The van der Waals surface area contributed by atoms with Crippen LogP contribution in [0.3, 0.4) is 0 Å². The molecule has 1 aromatic carbocycles. The van der Waals surface area contributed by atoms with E-state index in [1.807, 2.05) is 19.1 Å². The van der Waals surface area contributed by atoms with Crippen LogP contribution in [-0.4, -0.2) is 29.9 Å². The molecule has 1 fully saturated rings. The van der Waals surface area contributed by atoms with Gasteiger partial charge in [0.05, 0.1) is 0 Å². The SMILES string of the molecule is CCNc1ccc(C(=O)N2CCCC2CC)c(C)c1. The molecule has 0 aliphatic carbocycles. The first-order chi connectivity index (χ1) is 9.17. The van der Waals surface area contributed by atoms with Gasteiger partial charge in [-0.05, 0) is 56.9 Å². The van der Waals surface area contributed by atoms with Crippen molar-refractivity contribution in [2.24, 2.45) is 0 Å². The van der Waals surface area contributed by atoms with Crippen molar-refractivity contribution in [2.75, 3.05) is 18.4 Å². The number of nitrogens with zero attached hydrogens (tertiary/aromatic N) is 1. The quantitative estimate of drug-likeness (QED) is 0.899. The Labute approximate surface area is 116 Å². The van der Waals surface area contributed by atoms with Crippen LogP contribution in [0.1, 0.15) is 49.0 Å². The van der Waals surface area contributed by atoms with Crippen molar-refractivity contribution in [2.45, 2.75) is 46.1 Å². The Hall–Kier alpha value is -1.51. The second kappa shape index (κ2) is 6.09. The molecular formula is C16H24N2O. The van der Waals surface area contributed by atoms with E-state index in [1.165, 1.54) is 0 Å². The van der Waals surface area contributed by atoms with Crippen LogP contribution in [0, 0.1) is 6.92 Å². The van der Waals surface area contributed by atoms with Crippen LogP contribution in [0.25, 0.3) is 0 Å². The van der Waals surface area contributed by atoms with Crippen molar-refractivity contribution in [1.29, 1.82) is 0 Å². The van der Waals surface area contributed by atoms with Gasteiger partial charge in [-0.1, -0.05) is 6.92 Å². The Morgan fingerprint density at radius 3 is 2.84 bits per heavy atom. The standard InChI is InChI=1S/C16H24N2O/c1-4-14-7-6-10-18(14)16(19)15-9-8-13(17-5-2)11-12(15)3/h8-9,11,14,17H,4-7,10H2,1-3H3. The predicted molar refractivity (Wildman–Crippen MR) is 79.7 cm³/mol. The molecule has 1 aliphatic heterocycles. The highest BCUT2D eigenvalue weighted by Crippen LogP contribution is 2.24. The van der Waals surface area contributed by atoms with E-state index >= 15 is 0 Å². The number of benzene rings is 1. The van der Waals surface area contributed by atoms with Gasteiger partial charge >= 0.3 is 0 Å². The smallest absolute Gasteiger partial charge is 0.254 e. The molecular weight excluding hydrogens is 236 g/mol. The van der Waals surface area contributed by atoms with E-state index in [-0.39, 0.29) is 5.91 Å². The Morgan fingerprint density at radius 1 is 1.42 bits per heavy atom. The Bertz CT molecular complexity index is 456. The van der Waals surface area contributed by atoms with Gasteiger partial charge < -0.3 is 10.2 Å². The second-order valence-electron chi connectivity index (χ2n) is 5.26. The Balaban J connectivity index is 2.19. The fourth-order valence-electron chi connectivity index (χ4n) is 2.90. The van der Waals surface area contributed by atoms with Gasteiger partial charge in [0, 0.05) is 30.4 Å². The van der Waals surface area contributed by atoms with Crippen molar-refractivity contribution in [3.05, 3.63) is 29.3 Å². The van der Waals surface area contributed by atoms with Gasteiger partial charge in [0.1, 0.15) is 0 Å². The first-order valence-electron chi connectivity index (χ1n) is 7.32. The number of hydrogen-bond donors (Lipinski definition) is 1. The number of rotatable bonds is 4. The van der Waals surface area contributed by atoms with E-state index in [9.17, 15) is 4.79 Å². The van der Waals surface area contributed by atoms with E-state index in [1.54, 1.807) is 0 Å². The third kappa shape index (κ3) is 2.91. The number of hydrogen-bond acceptors (Lipinski definition) is 2. The minimum atomic E-state index is 0.199. The van der Waals surface area contributed by atoms with Gasteiger partial charge in [-0.25, -0.2) is 0 Å². The first-order valence-corrected chi connectivity index (χ1v) is 7.32. The molecule has 1 aliphatic rings. The molecule has 104 valence electrons. The van der Waals surface area contributed by atoms with Crippen molar-refractivity contribution >= 4 is 11.6 Å². The summed E-state index contributed by atoms with van der Waals surface area (Å²) in [5.41, 5.74) is 3.00. The molecule has 1 aromatic rings. The van der Waals surface area contributed by atoms with E-state index in [0.29, 0.717) is 6.04 Å². The highest BCUT2D eigenvalue weighted by atomic mass is 16.2. The first kappa shape index (κ1) is 13.9. The molecule has 1 atom stereocenters. The molecule has 19 heavy (non-hydrogen) atoms. The van der Waals surface area contributed by atoms with Crippen molar-refractivity contribution in [3.63, 3.8) is 0 Å². The maximum Gasteiger partial charge on any atom is 0.254 e. The molecule has 1 N–H and O–H groups in total. The summed E-state index contributed by atoms with van der Waals surface area (Å²) in [5.74, 6) is 0.199. The van der Waals surface area contributed by atoms with E-state index in [4.69, 9.17) is 0 Å². The van der Waals surface area contributed by atoms with Crippen LogP contribution >= 0.6 is 0 Å². The normalized spacial score (nSPS) is 18.7. The van der Waals surface area contributed by atoms with Gasteiger partial charge in [0.25, 0.3) is 5.91 Å². The molecule has 1 heterocycles. The third-order valence-electron chi connectivity index (χ3n) is 3.95. The lowest BCUT2D eigenvalue weighted by Crippen LogP contribution is -2.35.